The Morgan fingerprint density at radius 2 is 1.93 bits per heavy atom. The van der Waals surface area contributed by atoms with Gasteiger partial charge in [0.2, 0.25) is 5.82 Å². The lowest BCUT2D eigenvalue weighted by Crippen LogP contribution is -1.97. The Morgan fingerprint density at radius 1 is 1.33 bits per heavy atom. The van der Waals surface area contributed by atoms with Crippen molar-refractivity contribution >= 4 is 29.2 Å². The van der Waals surface area contributed by atoms with Crippen molar-refractivity contribution < 1.29 is 9.90 Å². The second kappa shape index (κ2) is 5.43. The zero-order valence-corrected chi connectivity index (χ0v) is 8.88. The third-order valence-corrected chi connectivity index (χ3v) is 1.96. The van der Waals surface area contributed by atoms with Crippen molar-refractivity contribution in [3.63, 3.8) is 0 Å². The van der Waals surface area contributed by atoms with Crippen LogP contribution in [0.4, 0.5) is 0 Å². The van der Waals surface area contributed by atoms with Crippen molar-refractivity contribution in [2.24, 2.45) is 0 Å². The molecular weight excluding hydrogens is 241 g/mol. The molecule has 5 nitrogen and oxygen atoms in total. The lowest BCUT2D eigenvalue weighted by atomic mass is 10.6. The Hall–Kier alpha value is -1.46. The van der Waals surface area contributed by atoms with Crippen molar-refractivity contribution in [2.75, 3.05) is 0 Å². The highest BCUT2D eigenvalue weighted by atomic mass is 35.5. The molecule has 7 heteroatoms. The molecule has 2 rings (SSSR count). The van der Waals surface area contributed by atoms with Gasteiger partial charge >= 0.3 is 5.97 Å². The van der Waals surface area contributed by atoms with E-state index in [2.05, 4.69) is 15.0 Å². The maximum absolute atomic E-state index is 10.2. The number of imidazole rings is 1. The minimum atomic E-state index is -1.19. The van der Waals surface area contributed by atoms with Gasteiger partial charge in [-0.25, -0.2) is 9.78 Å². The summed E-state index contributed by atoms with van der Waals surface area (Å²) in [6, 6.07) is 3.89. The molecule has 0 amide bonds. The van der Waals surface area contributed by atoms with E-state index in [-0.39, 0.29) is 16.1 Å². The van der Waals surface area contributed by atoms with Gasteiger partial charge in [-0.1, -0.05) is 23.2 Å². The fourth-order valence-corrected chi connectivity index (χ4v) is 0.973. The number of hydrogen-bond donors (Lipinski definition) is 3. The van der Waals surface area contributed by atoms with E-state index in [9.17, 15) is 4.79 Å². The van der Waals surface area contributed by atoms with E-state index in [1.807, 2.05) is 24.5 Å². The van der Waals surface area contributed by atoms with E-state index in [0.29, 0.717) is 0 Å². The van der Waals surface area contributed by atoms with Crippen LogP contribution in [0.25, 0.3) is 0 Å². The van der Waals surface area contributed by atoms with Gasteiger partial charge in [-0.2, -0.15) is 0 Å². The molecule has 0 unspecified atom stereocenters. The first-order chi connectivity index (χ1) is 7.11. The van der Waals surface area contributed by atoms with Crippen molar-refractivity contribution in [3.05, 3.63) is 40.7 Å². The van der Waals surface area contributed by atoms with E-state index < -0.39 is 5.97 Å². The van der Waals surface area contributed by atoms with Crippen LogP contribution in [-0.2, 0) is 0 Å². The number of nitrogens with zero attached hydrogens (tertiary/aromatic N) is 1. The average Bonchev–Trinajstić information content (AvgIpc) is 2.80. The van der Waals surface area contributed by atoms with Gasteiger partial charge in [-0.3, -0.25) is 0 Å². The quantitative estimate of drug-likeness (QED) is 0.724. The average molecular weight is 248 g/mol. The number of rotatable bonds is 1. The minimum Gasteiger partial charge on any atom is -0.475 e. The second-order valence-electron chi connectivity index (χ2n) is 2.38. The van der Waals surface area contributed by atoms with Gasteiger partial charge in [-0.05, 0) is 12.1 Å². The molecule has 0 aliphatic heterocycles. The number of nitrogens with one attached hydrogen (secondary N) is 2. The molecule has 80 valence electrons. The molecule has 0 aromatic carbocycles. The van der Waals surface area contributed by atoms with Gasteiger partial charge in [0, 0.05) is 12.4 Å². The number of aromatic carboxylic acids is 1. The first kappa shape index (κ1) is 11.6. The lowest BCUT2D eigenvalue weighted by molar-refractivity contribution is 0.0685. The van der Waals surface area contributed by atoms with Crippen LogP contribution in [0, 0.1) is 0 Å². The smallest absolute Gasteiger partial charge is 0.371 e. The molecule has 3 N–H and O–H groups in total. The second-order valence-corrected chi connectivity index (χ2v) is 3.12. The zero-order valence-electron chi connectivity index (χ0n) is 7.37. The van der Waals surface area contributed by atoms with Crippen molar-refractivity contribution in [3.8, 4) is 0 Å². The van der Waals surface area contributed by atoms with E-state index in [4.69, 9.17) is 28.3 Å². The van der Waals surface area contributed by atoms with Gasteiger partial charge in [0.15, 0.2) is 5.15 Å². The number of aromatic nitrogens is 3. The topological polar surface area (TPSA) is 81.8 Å². The summed E-state index contributed by atoms with van der Waals surface area (Å²) in [6.07, 6.45) is 3.75. The molecule has 0 radical (unpaired) electrons. The predicted octanol–water partition coefficient (Wildman–Crippen LogP) is 2.43. The highest BCUT2D eigenvalue weighted by Gasteiger charge is 2.10. The molecule has 2 aromatic rings. The van der Waals surface area contributed by atoms with Gasteiger partial charge in [0.25, 0.3) is 0 Å². The summed E-state index contributed by atoms with van der Waals surface area (Å²) in [4.78, 5) is 18.7. The fraction of sp³-hybridized carbons (Fsp3) is 0. The number of halogens is 2. The molecule has 0 spiro atoms. The predicted molar refractivity (Wildman–Crippen MR) is 56.4 cm³/mol. The molecule has 0 fully saturated rings. The molecule has 0 aliphatic carbocycles. The van der Waals surface area contributed by atoms with Crippen LogP contribution in [0.3, 0.4) is 0 Å². The largest absolute Gasteiger partial charge is 0.475 e. The van der Waals surface area contributed by atoms with E-state index >= 15 is 0 Å². The minimum absolute atomic E-state index is 0.0286. The highest BCUT2D eigenvalue weighted by molar-refractivity contribution is 6.40. The Bertz CT molecular complexity index is 388. The van der Waals surface area contributed by atoms with Gasteiger partial charge in [-0.15, -0.1) is 0 Å². The van der Waals surface area contributed by atoms with Gasteiger partial charge < -0.3 is 15.1 Å². The Balaban J connectivity index is 0.000000187. The zero-order chi connectivity index (χ0) is 11.3. The number of H-pyrrole nitrogens is 2. The van der Waals surface area contributed by atoms with Crippen molar-refractivity contribution in [1.82, 2.24) is 15.0 Å². The maximum atomic E-state index is 10.2. The van der Waals surface area contributed by atoms with Crippen LogP contribution < -0.4 is 0 Å². The summed E-state index contributed by atoms with van der Waals surface area (Å²) >= 11 is 10.7. The molecule has 0 saturated carbocycles. The Labute approximate surface area is 95.1 Å². The molecule has 2 heterocycles. The van der Waals surface area contributed by atoms with Gasteiger partial charge in [0.1, 0.15) is 5.15 Å². The summed E-state index contributed by atoms with van der Waals surface area (Å²) in [5, 5.41) is 8.32. The van der Waals surface area contributed by atoms with Crippen LogP contribution >= 0.6 is 23.2 Å². The summed E-state index contributed by atoms with van der Waals surface area (Å²) in [5.41, 5.74) is 0. The molecule has 0 saturated heterocycles. The third-order valence-electron chi connectivity index (χ3n) is 1.32. The lowest BCUT2D eigenvalue weighted by Gasteiger charge is -1.80. The number of hydrogen-bond acceptors (Lipinski definition) is 2. The first-order valence-corrected chi connectivity index (χ1v) is 4.59. The van der Waals surface area contributed by atoms with Crippen LogP contribution in [0.15, 0.2) is 24.5 Å². The van der Waals surface area contributed by atoms with Crippen LogP contribution in [0.5, 0.6) is 0 Å². The SMILES string of the molecule is O=C(O)c1nc(Cl)c(Cl)[nH]1.c1cc[nH]c1. The standard InChI is InChI=1S/C4H2Cl2N2O2.C4H5N/c5-1-2(6)8-3(7-1)4(9)10;1-2-4-5-3-1/h(H,7,8)(H,9,10);1-5H. The fourth-order valence-electron chi connectivity index (χ4n) is 0.710. The number of carbonyl (C=O) groups is 1. The highest BCUT2D eigenvalue weighted by Crippen LogP contribution is 2.17. The molecular formula is C8H7Cl2N3O2. The normalized spacial score (nSPS) is 9.20. The van der Waals surface area contributed by atoms with E-state index in [1.54, 1.807) is 0 Å². The molecule has 2 aromatic heterocycles. The van der Waals surface area contributed by atoms with Crippen LogP contribution in [-0.4, -0.2) is 26.0 Å². The monoisotopic (exact) mass is 247 g/mol. The molecule has 15 heavy (non-hydrogen) atoms. The summed E-state index contributed by atoms with van der Waals surface area (Å²) in [5.74, 6) is -1.44. The van der Waals surface area contributed by atoms with E-state index in [0.717, 1.165) is 0 Å². The number of carboxylic acid groups (broad SMARTS) is 1. The van der Waals surface area contributed by atoms with Crippen LogP contribution in [0.1, 0.15) is 10.6 Å². The third kappa shape index (κ3) is 3.65. The number of aromatic amines is 2. The van der Waals surface area contributed by atoms with Crippen LogP contribution in [0.2, 0.25) is 10.3 Å². The molecule has 0 bridgehead atoms. The first-order valence-electron chi connectivity index (χ1n) is 3.83. The van der Waals surface area contributed by atoms with Gasteiger partial charge in [0.05, 0.1) is 0 Å². The summed E-state index contributed by atoms with van der Waals surface area (Å²) in [6.45, 7) is 0. The Morgan fingerprint density at radius 3 is 2.13 bits per heavy atom. The summed E-state index contributed by atoms with van der Waals surface area (Å²) in [7, 11) is 0. The number of carboxylic acids is 1. The van der Waals surface area contributed by atoms with Crippen molar-refractivity contribution in [2.45, 2.75) is 0 Å². The van der Waals surface area contributed by atoms with Crippen molar-refractivity contribution in [1.29, 1.82) is 0 Å². The maximum Gasteiger partial charge on any atom is 0.371 e. The molecule has 0 atom stereocenters. The molecule has 0 aliphatic rings. The Kier molecular flexibility index (Phi) is 4.20. The van der Waals surface area contributed by atoms with E-state index in [1.165, 1.54) is 0 Å². The summed E-state index contributed by atoms with van der Waals surface area (Å²) < 4.78 is 0.